The van der Waals surface area contributed by atoms with Crippen molar-refractivity contribution in [3.05, 3.63) is 58.1 Å². The summed E-state index contributed by atoms with van der Waals surface area (Å²) in [5.74, 6) is 0.0962. The number of benzene rings is 1. The Morgan fingerprint density at radius 1 is 1.24 bits per heavy atom. The van der Waals surface area contributed by atoms with Crippen LogP contribution in [-0.2, 0) is 6.61 Å². The summed E-state index contributed by atoms with van der Waals surface area (Å²) in [6, 6.07) is 7.43. The Balaban J connectivity index is 2.07. The third-order valence-electron chi connectivity index (χ3n) is 2.09. The average molecular weight is 272 g/mol. The maximum Gasteiger partial charge on any atom is 0.130 e. The first-order valence-electron chi connectivity index (χ1n) is 4.83. The third-order valence-corrected chi connectivity index (χ3v) is 2.65. The summed E-state index contributed by atoms with van der Waals surface area (Å²) in [5.41, 5.74) is 0.695. The Kier molecular flexibility index (Phi) is 3.82. The Labute approximate surface area is 108 Å². The zero-order chi connectivity index (χ0) is 12.3. The molecule has 0 aliphatic heterocycles. The highest BCUT2D eigenvalue weighted by Crippen LogP contribution is 2.21. The minimum absolute atomic E-state index is 0.215. The molecule has 88 valence electrons. The molecule has 17 heavy (non-hydrogen) atoms. The number of ether oxygens (including phenoxy) is 1. The zero-order valence-electron chi connectivity index (χ0n) is 8.66. The van der Waals surface area contributed by atoms with E-state index in [1.54, 1.807) is 12.1 Å². The van der Waals surface area contributed by atoms with Crippen molar-refractivity contribution in [3.8, 4) is 5.75 Å². The van der Waals surface area contributed by atoms with Crippen molar-refractivity contribution >= 4 is 23.2 Å². The number of aromatic nitrogens is 1. The molecule has 0 aliphatic rings. The van der Waals surface area contributed by atoms with E-state index in [-0.39, 0.29) is 12.4 Å². The highest BCUT2D eigenvalue weighted by atomic mass is 35.5. The van der Waals surface area contributed by atoms with E-state index < -0.39 is 0 Å². The SMILES string of the molecule is Fc1cccc(OCc2cnc(Cl)cc2Cl)c1. The molecule has 0 radical (unpaired) electrons. The lowest BCUT2D eigenvalue weighted by atomic mass is 10.3. The second-order valence-corrected chi connectivity index (χ2v) is 4.14. The predicted molar refractivity (Wildman–Crippen MR) is 65.0 cm³/mol. The normalized spacial score (nSPS) is 10.3. The lowest BCUT2D eigenvalue weighted by Crippen LogP contribution is -1.97. The van der Waals surface area contributed by atoms with Crippen LogP contribution >= 0.6 is 23.2 Å². The van der Waals surface area contributed by atoms with E-state index in [1.165, 1.54) is 24.4 Å². The minimum atomic E-state index is -0.345. The van der Waals surface area contributed by atoms with Gasteiger partial charge in [0, 0.05) is 17.8 Å². The molecule has 5 heteroatoms. The summed E-state index contributed by atoms with van der Waals surface area (Å²) >= 11 is 11.6. The van der Waals surface area contributed by atoms with Crippen LogP contribution in [0.5, 0.6) is 5.75 Å². The first kappa shape index (κ1) is 12.1. The summed E-state index contributed by atoms with van der Waals surface area (Å²) in [6.45, 7) is 0.215. The second kappa shape index (κ2) is 5.34. The van der Waals surface area contributed by atoms with Gasteiger partial charge in [0.25, 0.3) is 0 Å². The van der Waals surface area contributed by atoms with Crippen molar-refractivity contribution in [1.29, 1.82) is 0 Å². The van der Waals surface area contributed by atoms with Crippen LogP contribution in [-0.4, -0.2) is 4.98 Å². The summed E-state index contributed by atoms with van der Waals surface area (Å²) < 4.78 is 18.3. The van der Waals surface area contributed by atoms with Gasteiger partial charge in [0.2, 0.25) is 0 Å². The van der Waals surface area contributed by atoms with Crippen LogP contribution in [0.25, 0.3) is 0 Å². The first-order chi connectivity index (χ1) is 8.15. The van der Waals surface area contributed by atoms with Crippen molar-refractivity contribution in [2.75, 3.05) is 0 Å². The van der Waals surface area contributed by atoms with Crippen LogP contribution in [0.2, 0.25) is 10.2 Å². The fourth-order valence-electron chi connectivity index (χ4n) is 1.26. The van der Waals surface area contributed by atoms with Crippen LogP contribution in [0.3, 0.4) is 0 Å². The molecular formula is C12H8Cl2FNO. The van der Waals surface area contributed by atoms with Gasteiger partial charge in [0.1, 0.15) is 23.3 Å². The fraction of sp³-hybridized carbons (Fsp3) is 0.0833. The van der Waals surface area contributed by atoms with E-state index in [4.69, 9.17) is 27.9 Å². The van der Waals surface area contributed by atoms with Gasteiger partial charge in [-0.1, -0.05) is 29.3 Å². The van der Waals surface area contributed by atoms with Crippen LogP contribution in [0.15, 0.2) is 36.5 Å². The molecule has 1 aromatic heterocycles. The molecule has 0 spiro atoms. The van der Waals surface area contributed by atoms with E-state index in [9.17, 15) is 4.39 Å². The van der Waals surface area contributed by atoms with Crippen LogP contribution in [0.4, 0.5) is 4.39 Å². The Morgan fingerprint density at radius 2 is 2.06 bits per heavy atom. The average Bonchev–Trinajstić information content (AvgIpc) is 2.28. The number of halogens is 3. The highest BCUT2D eigenvalue weighted by Gasteiger charge is 2.03. The number of nitrogens with zero attached hydrogens (tertiary/aromatic N) is 1. The van der Waals surface area contributed by atoms with Crippen LogP contribution in [0.1, 0.15) is 5.56 Å². The summed E-state index contributed by atoms with van der Waals surface area (Å²) in [7, 11) is 0. The molecule has 0 atom stereocenters. The Morgan fingerprint density at radius 3 is 2.76 bits per heavy atom. The molecule has 1 heterocycles. The Hall–Kier alpha value is -1.32. The summed E-state index contributed by atoms with van der Waals surface area (Å²) in [6.07, 6.45) is 1.53. The highest BCUT2D eigenvalue weighted by molar-refractivity contribution is 6.34. The molecule has 0 bridgehead atoms. The summed E-state index contributed by atoms with van der Waals surface area (Å²) in [4.78, 5) is 3.90. The number of hydrogen-bond acceptors (Lipinski definition) is 2. The van der Waals surface area contributed by atoms with Gasteiger partial charge in [0.05, 0.1) is 5.02 Å². The molecule has 0 N–H and O–H groups in total. The lowest BCUT2D eigenvalue weighted by molar-refractivity contribution is 0.304. The maximum atomic E-state index is 12.9. The molecule has 0 amide bonds. The van der Waals surface area contributed by atoms with E-state index in [0.717, 1.165) is 0 Å². The molecule has 0 saturated heterocycles. The summed E-state index contributed by atoms with van der Waals surface area (Å²) in [5, 5.41) is 0.797. The fourth-order valence-corrected chi connectivity index (χ4v) is 1.68. The number of hydrogen-bond donors (Lipinski definition) is 0. The van der Waals surface area contributed by atoms with Crippen LogP contribution in [0, 0.1) is 5.82 Å². The van der Waals surface area contributed by atoms with Gasteiger partial charge in [-0.05, 0) is 18.2 Å². The van der Waals surface area contributed by atoms with E-state index in [1.807, 2.05) is 0 Å². The van der Waals surface area contributed by atoms with E-state index in [2.05, 4.69) is 4.98 Å². The standard InChI is InChI=1S/C12H8Cl2FNO/c13-11-5-12(14)16-6-8(11)7-17-10-3-1-2-9(15)4-10/h1-6H,7H2. The maximum absolute atomic E-state index is 12.9. The van der Waals surface area contributed by atoms with Crippen molar-refractivity contribution in [2.45, 2.75) is 6.61 Å². The lowest BCUT2D eigenvalue weighted by Gasteiger charge is -2.07. The predicted octanol–water partition coefficient (Wildman–Crippen LogP) is 4.11. The van der Waals surface area contributed by atoms with Crippen molar-refractivity contribution < 1.29 is 9.13 Å². The van der Waals surface area contributed by atoms with Gasteiger partial charge in [-0.2, -0.15) is 0 Å². The quantitative estimate of drug-likeness (QED) is 0.784. The van der Waals surface area contributed by atoms with Crippen LogP contribution < -0.4 is 4.74 Å². The molecule has 0 saturated carbocycles. The molecular weight excluding hydrogens is 264 g/mol. The number of rotatable bonds is 3. The molecule has 0 unspecified atom stereocenters. The number of pyridine rings is 1. The van der Waals surface area contributed by atoms with Gasteiger partial charge in [-0.3, -0.25) is 0 Å². The van der Waals surface area contributed by atoms with Crippen molar-refractivity contribution in [1.82, 2.24) is 4.98 Å². The zero-order valence-corrected chi connectivity index (χ0v) is 10.2. The molecule has 2 aromatic rings. The van der Waals surface area contributed by atoms with Gasteiger partial charge < -0.3 is 4.74 Å². The second-order valence-electron chi connectivity index (χ2n) is 3.34. The van der Waals surface area contributed by atoms with E-state index in [0.29, 0.717) is 21.5 Å². The molecule has 0 aliphatic carbocycles. The smallest absolute Gasteiger partial charge is 0.130 e. The molecule has 1 aromatic carbocycles. The minimum Gasteiger partial charge on any atom is -0.489 e. The van der Waals surface area contributed by atoms with Crippen molar-refractivity contribution in [2.24, 2.45) is 0 Å². The largest absolute Gasteiger partial charge is 0.489 e. The van der Waals surface area contributed by atoms with Gasteiger partial charge in [-0.25, -0.2) is 9.37 Å². The Bertz CT molecular complexity index is 534. The monoisotopic (exact) mass is 271 g/mol. The van der Waals surface area contributed by atoms with E-state index >= 15 is 0 Å². The molecule has 2 rings (SSSR count). The molecule has 2 nitrogen and oxygen atoms in total. The van der Waals surface area contributed by atoms with Gasteiger partial charge >= 0.3 is 0 Å². The third kappa shape index (κ3) is 3.32. The van der Waals surface area contributed by atoms with Gasteiger partial charge in [-0.15, -0.1) is 0 Å². The molecule has 0 fully saturated rings. The van der Waals surface area contributed by atoms with Gasteiger partial charge in [0.15, 0.2) is 0 Å². The van der Waals surface area contributed by atoms with Crippen molar-refractivity contribution in [3.63, 3.8) is 0 Å². The first-order valence-corrected chi connectivity index (χ1v) is 5.59. The topological polar surface area (TPSA) is 22.1 Å².